The molecule has 0 unspecified atom stereocenters. The summed E-state index contributed by atoms with van der Waals surface area (Å²) in [6.07, 6.45) is 0.972. The Labute approximate surface area is 144 Å². The molecule has 0 radical (unpaired) electrons. The minimum Gasteiger partial charge on any atom is -0.497 e. The Morgan fingerprint density at radius 3 is 1.67 bits per heavy atom. The van der Waals surface area contributed by atoms with Crippen LogP contribution in [0.25, 0.3) is 11.1 Å². The molecule has 24 heavy (non-hydrogen) atoms. The van der Waals surface area contributed by atoms with Crippen LogP contribution in [0.15, 0.2) is 84.9 Å². The highest BCUT2D eigenvalue weighted by Crippen LogP contribution is 2.34. The van der Waals surface area contributed by atoms with Crippen LogP contribution in [0.1, 0.15) is 30.0 Å². The van der Waals surface area contributed by atoms with Crippen molar-refractivity contribution in [2.45, 2.75) is 13.3 Å². The van der Waals surface area contributed by atoms with E-state index >= 15 is 0 Å². The summed E-state index contributed by atoms with van der Waals surface area (Å²) < 4.78 is 5.31. The second-order valence-corrected chi connectivity index (χ2v) is 5.67. The minimum absolute atomic E-state index is 0.879. The maximum absolute atomic E-state index is 5.31. The molecular weight excluding hydrogens is 292 g/mol. The van der Waals surface area contributed by atoms with Crippen LogP contribution < -0.4 is 4.74 Å². The Balaban J connectivity index is 2.23. The van der Waals surface area contributed by atoms with E-state index in [4.69, 9.17) is 4.74 Å². The fourth-order valence-corrected chi connectivity index (χ4v) is 3.04. The van der Waals surface area contributed by atoms with E-state index in [-0.39, 0.29) is 0 Å². The van der Waals surface area contributed by atoms with Gasteiger partial charge in [-0.3, -0.25) is 0 Å². The van der Waals surface area contributed by atoms with Crippen LogP contribution in [0, 0.1) is 0 Å². The molecule has 0 N–H and O–H groups in total. The summed E-state index contributed by atoms with van der Waals surface area (Å²) in [6, 6.07) is 29.6. The molecule has 1 nitrogen and oxygen atoms in total. The van der Waals surface area contributed by atoms with Gasteiger partial charge in [0, 0.05) is 0 Å². The summed E-state index contributed by atoms with van der Waals surface area (Å²) in [5.74, 6) is 0.879. The van der Waals surface area contributed by atoms with Gasteiger partial charge in [0.05, 0.1) is 7.11 Å². The van der Waals surface area contributed by atoms with Crippen molar-refractivity contribution in [3.8, 4) is 5.75 Å². The zero-order chi connectivity index (χ0) is 16.8. The average molecular weight is 314 g/mol. The van der Waals surface area contributed by atoms with Gasteiger partial charge < -0.3 is 4.74 Å². The molecule has 1 heteroatoms. The van der Waals surface area contributed by atoms with E-state index in [0.29, 0.717) is 0 Å². The fraction of sp³-hybridized carbons (Fsp3) is 0.130. The first-order valence-electron chi connectivity index (χ1n) is 8.32. The van der Waals surface area contributed by atoms with E-state index in [1.807, 2.05) is 12.1 Å². The monoisotopic (exact) mass is 314 g/mol. The molecule has 3 aromatic carbocycles. The Morgan fingerprint density at radius 2 is 1.17 bits per heavy atom. The van der Waals surface area contributed by atoms with Crippen molar-refractivity contribution in [3.05, 3.63) is 102 Å². The van der Waals surface area contributed by atoms with Crippen LogP contribution in [0.4, 0.5) is 0 Å². The summed E-state index contributed by atoms with van der Waals surface area (Å²) >= 11 is 0. The summed E-state index contributed by atoms with van der Waals surface area (Å²) in [5, 5.41) is 0. The van der Waals surface area contributed by atoms with Crippen molar-refractivity contribution >= 4 is 11.1 Å². The third-order valence-corrected chi connectivity index (χ3v) is 4.22. The first-order chi connectivity index (χ1) is 11.8. The van der Waals surface area contributed by atoms with Gasteiger partial charge in [-0.15, -0.1) is 0 Å². The van der Waals surface area contributed by atoms with Crippen LogP contribution >= 0.6 is 0 Å². The molecule has 0 bridgehead atoms. The van der Waals surface area contributed by atoms with Gasteiger partial charge in [-0.1, -0.05) is 79.7 Å². The molecule has 0 aliphatic rings. The van der Waals surface area contributed by atoms with E-state index in [0.717, 1.165) is 12.2 Å². The molecule has 3 aromatic rings. The lowest BCUT2D eigenvalue weighted by atomic mass is 9.88. The van der Waals surface area contributed by atoms with E-state index in [9.17, 15) is 0 Å². The number of rotatable bonds is 5. The van der Waals surface area contributed by atoms with Gasteiger partial charge in [0.15, 0.2) is 0 Å². The van der Waals surface area contributed by atoms with Gasteiger partial charge >= 0.3 is 0 Å². The molecule has 0 fully saturated rings. The second kappa shape index (κ2) is 7.65. The van der Waals surface area contributed by atoms with Gasteiger partial charge in [0.2, 0.25) is 0 Å². The molecule has 0 spiro atoms. The van der Waals surface area contributed by atoms with Gasteiger partial charge in [-0.25, -0.2) is 0 Å². The Kier molecular flexibility index (Phi) is 5.12. The number of hydrogen-bond donors (Lipinski definition) is 0. The van der Waals surface area contributed by atoms with Crippen LogP contribution in [-0.2, 0) is 0 Å². The normalized spacial score (nSPS) is 11.8. The number of hydrogen-bond acceptors (Lipinski definition) is 1. The number of allylic oxidation sites excluding steroid dienone is 1. The lowest BCUT2D eigenvalue weighted by molar-refractivity contribution is 0.415. The zero-order valence-corrected chi connectivity index (χ0v) is 14.2. The standard InChI is InChI=1S/C23H22O/c1-3-22(18-10-6-4-7-11-18)23(19-12-8-5-9-13-19)20-14-16-21(24-2)17-15-20/h4-17H,3H2,1-2H3/b23-22-. The van der Waals surface area contributed by atoms with Gasteiger partial charge in [0.25, 0.3) is 0 Å². The smallest absolute Gasteiger partial charge is 0.118 e. The lowest BCUT2D eigenvalue weighted by Crippen LogP contribution is -1.95. The summed E-state index contributed by atoms with van der Waals surface area (Å²) in [4.78, 5) is 0. The van der Waals surface area contributed by atoms with Gasteiger partial charge in [-0.2, -0.15) is 0 Å². The Hall–Kier alpha value is -2.80. The van der Waals surface area contributed by atoms with Crippen molar-refractivity contribution in [3.63, 3.8) is 0 Å². The third kappa shape index (κ3) is 3.41. The molecule has 0 heterocycles. The Bertz CT molecular complexity index is 800. The summed E-state index contributed by atoms with van der Waals surface area (Å²) in [7, 11) is 1.70. The number of methoxy groups -OCH3 is 1. The first-order valence-corrected chi connectivity index (χ1v) is 8.32. The zero-order valence-electron chi connectivity index (χ0n) is 14.2. The van der Waals surface area contributed by atoms with Gasteiger partial charge in [-0.05, 0) is 46.4 Å². The molecule has 3 rings (SSSR count). The highest BCUT2D eigenvalue weighted by Gasteiger charge is 2.12. The maximum Gasteiger partial charge on any atom is 0.118 e. The average Bonchev–Trinajstić information content (AvgIpc) is 2.67. The van der Waals surface area contributed by atoms with Crippen molar-refractivity contribution in [2.24, 2.45) is 0 Å². The van der Waals surface area contributed by atoms with Crippen molar-refractivity contribution in [2.75, 3.05) is 7.11 Å². The van der Waals surface area contributed by atoms with E-state index in [1.165, 1.54) is 27.8 Å². The lowest BCUT2D eigenvalue weighted by Gasteiger charge is -2.16. The first kappa shape index (κ1) is 16.1. The molecule has 0 atom stereocenters. The largest absolute Gasteiger partial charge is 0.497 e. The van der Waals surface area contributed by atoms with Crippen molar-refractivity contribution in [1.29, 1.82) is 0 Å². The quantitative estimate of drug-likeness (QED) is 0.520. The predicted molar refractivity (Wildman–Crippen MR) is 102 cm³/mol. The number of benzene rings is 3. The van der Waals surface area contributed by atoms with E-state index in [1.54, 1.807) is 7.11 Å². The maximum atomic E-state index is 5.31. The molecular formula is C23H22O. The minimum atomic E-state index is 0.879. The second-order valence-electron chi connectivity index (χ2n) is 5.67. The molecule has 0 aromatic heterocycles. The molecule has 0 saturated carbocycles. The third-order valence-electron chi connectivity index (χ3n) is 4.22. The van der Waals surface area contributed by atoms with Crippen LogP contribution in [-0.4, -0.2) is 7.11 Å². The van der Waals surface area contributed by atoms with Crippen LogP contribution in [0.2, 0.25) is 0 Å². The van der Waals surface area contributed by atoms with Gasteiger partial charge in [0.1, 0.15) is 5.75 Å². The van der Waals surface area contributed by atoms with Crippen molar-refractivity contribution in [1.82, 2.24) is 0 Å². The molecule has 0 aliphatic carbocycles. The van der Waals surface area contributed by atoms with Crippen LogP contribution in [0.5, 0.6) is 5.75 Å². The van der Waals surface area contributed by atoms with Crippen LogP contribution in [0.3, 0.4) is 0 Å². The Morgan fingerprint density at radius 1 is 0.667 bits per heavy atom. The topological polar surface area (TPSA) is 9.23 Å². The van der Waals surface area contributed by atoms with E-state index in [2.05, 4.69) is 79.7 Å². The fourth-order valence-electron chi connectivity index (χ4n) is 3.04. The molecule has 0 aliphatic heterocycles. The number of ether oxygens (including phenoxy) is 1. The highest BCUT2D eigenvalue weighted by atomic mass is 16.5. The summed E-state index contributed by atoms with van der Waals surface area (Å²) in [6.45, 7) is 2.22. The van der Waals surface area contributed by atoms with E-state index < -0.39 is 0 Å². The summed E-state index contributed by atoms with van der Waals surface area (Å²) in [5.41, 5.74) is 6.36. The SMILES string of the molecule is CC/C(=C(\c1ccccc1)c1ccc(OC)cc1)c1ccccc1. The molecule has 120 valence electrons. The highest BCUT2D eigenvalue weighted by molar-refractivity contribution is 5.98. The predicted octanol–water partition coefficient (Wildman–Crippen LogP) is 6.06. The molecule has 0 amide bonds. The molecule has 0 saturated heterocycles. The van der Waals surface area contributed by atoms with Crippen molar-refractivity contribution < 1.29 is 4.74 Å².